The highest BCUT2D eigenvalue weighted by Gasteiger charge is 2.18. The van der Waals surface area contributed by atoms with Gasteiger partial charge in [0.05, 0.1) is 24.0 Å². The molecule has 0 spiro atoms. The normalized spacial score (nSPS) is 16.3. The minimum absolute atomic E-state index is 0.0154. The molecule has 0 saturated carbocycles. The van der Waals surface area contributed by atoms with Crippen LogP contribution in [0, 0.1) is 0 Å². The van der Waals surface area contributed by atoms with E-state index in [1.165, 1.54) is 0 Å². The first-order valence-corrected chi connectivity index (χ1v) is 10.9. The molecule has 3 aromatic rings. The third-order valence-electron chi connectivity index (χ3n) is 5.08. The van der Waals surface area contributed by atoms with E-state index in [0.29, 0.717) is 47.0 Å². The van der Waals surface area contributed by atoms with Crippen LogP contribution in [0.15, 0.2) is 57.9 Å². The van der Waals surface area contributed by atoms with Gasteiger partial charge in [0.25, 0.3) is 5.91 Å². The number of fused-ring (bicyclic) bond motifs is 1. The number of ether oxygens (including phenoxy) is 2. The summed E-state index contributed by atoms with van der Waals surface area (Å²) in [5.41, 5.74) is 1.95. The fourth-order valence-corrected chi connectivity index (χ4v) is 3.64. The molecule has 0 radical (unpaired) electrons. The predicted molar refractivity (Wildman–Crippen MR) is 120 cm³/mol. The Kier molecular flexibility index (Phi) is 6.87. The minimum Gasteiger partial charge on any atom is -0.462 e. The zero-order valence-corrected chi connectivity index (χ0v) is 18.4. The van der Waals surface area contributed by atoms with E-state index in [-0.39, 0.29) is 23.1 Å². The molecule has 166 valence electrons. The van der Waals surface area contributed by atoms with Crippen molar-refractivity contribution in [2.24, 2.45) is 4.99 Å². The average Bonchev–Trinajstić information content (AvgIpc) is 3.31. The molecule has 32 heavy (non-hydrogen) atoms. The van der Waals surface area contributed by atoms with Gasteiger partial charge in [-0.1, -0.05) is 11.6 Å². The van der Waals surface area contributed by atoms with Crippen molar-refractivity contribution in [3.8, 4) is 0 Å². The van der Waals surface area contributed by atoms with E-state index in [0.717, 1.165) is 12.8 Å². The minimum atomic E-state index is -0.402. The van der Waals surface area contributed by atoms with Crippen LogP contribution in [-0.2, 0) is 9.47 Å². The summed E-state index contributed by atoms with van der Waals surface area (Å²) in [5.74, 6) is -0.714. The Morgan fingerprint density at radius 2 is 2.00 bits per heavy atom. The lowest BCUT2D eigenvalue weighted by atomic mass is 10.1. The Balaban J connectivity index is 1.69. The summed E-state index contributed by atoms with van der Waals surface area (Å²) in [5, 5.41) is 4.14. The van der Waals surface area contributed by atoms with Crippen LogP contribution in [-0.4, -0.2) is 37.7 Å². The first kappa shape index (κ1) is 22.0. The molecule has 0 aliphatic carbocycles. The summed E-state index contributed by atoms with van der Waals surface area (Å²) in [7, 11) is 0. The van der Waals surface area contributed by atoms with Crippen molar-refractivity contribution in [2.45, 2.75) is 25.9 Å². The second kappa shape index (κ2) is 9.97. The van der Waals surface area contributed by atoms with E-state index >= 15 is 0 Å². The van der Waals surface area contributed by atoms with Crippen LogP contribution in [0.3, 0.4) is 0 Å². The molecule has 8 heteroatoms. The highest BCUT2D eigenvalue weighted by Crippen LogP contribution is 2.20. The van der Waals surface area contributed by atoms with Crippen LogP contribution in [0.1, 0.15) is 40.5 Å². The standard InChI is InChI=1S/C24H23ClN2O5/c1-2-30-24(29)15-5-8-18(9-6-15)27-23-20(22(28)26-14-19-4-3-11-31-19)13-16-12-17(25)7-10-21(16)32-23/h5-10,12-13,19H,2-4,11,14H2,1H3,(H,26,28)/t19-/m0/s1. The molecule has 2 heterocycles. The zero-order valence-electron chi connectivity index (χ0n) is 17.6. The number of amides is 1. The van der Waals surface area contributed by atoms with E-state index in [9.17, 15) is 9.59 Å². The van der Waals surface area contributed by atoms with Gasteiger partial charge in [-0.15, -0.1) is 0 Å². The molecule has 1 aromatic heterocycles. The molecule has 1 fully saturated rings. The molecule has 0 unspecified atom stereocenters. The average molecular weight is 455 g/mol. The van der Waals surface area contributed by atoms with Gasteiger partial charge in [-0.05, 0) is 68.3 Å². The van der Waals surface area contributed by atoms with Crippen LogP contribution in [0.4, 0.5) is 5.69 Å². The van der Waals surface area contributed by atoms with Gasteiger partial charge in [-0.3, -0.25) is 4.79 Å². The van der Waals surface area contributed by atoms with Crippen LogP contribution < -0.4 is 10.9 Å². The molecule has 4 rings (SSSR count). The molecule has 1 aliphatic rings. The van der Waals surface area contributed by atoms with E-state index in [4.69, 9.17) is 25.5 Å². The highest BCUT2D eigenvalue weighted by atomic mass is 35.5. The summed E-state index contributed by atoms with van der Waals surface area (Å²) < 4.78 is 16.5. The van der Waals surface area contributed by atoms with Crippen LogP contribution in [0.5, 0.6) is 0 Å². The van der Waals surface area contributed by atoms with Gasteiger partial charge in [-0.2, -0.15) is 0 Å². The zero-order chi connectivity index (χ0) is 22.5. The molecular weight excluding hydrogens is 432 g/mol. The quantitative estimate of drug-likeness (QED) is 0.557. The maximum atomic E-state index is 13.0. The van der Waals surface area contributed by atoms with Gasteiger partial charge in [0.15, 0.2) is 0 Å². The largest absolute Gasteiger partial charge is 0.462 e. The van der Waals surface area contributed by atoms with E-state index in [1.807, 2.05) is 0 Å². The van der Waals surface area contributed by atoms with Gasteiger partial charge in [0.1, 0.15) is 11.1 Å². The molecule has 1 atom stereocenters. The van der Waals surface area contributed by atoms with Gasteiger partial charge in [0, 0.05) is 23.6 Å². The summed E-state index contributed by atoms with van der Waals surface area (Å²) in [4.78, 5) is 29.4. The Morgan fingerprint density at radius 1 is 1.19 bits per heavy atom. The number of halogens is 1. The number of hydrogen-bond acceptors (Lipinski definition) is 6. The predicted octanol–water partition coefficient (Wildman–Crippen LogP) is 4.40. The monoisotopic (exact) mass is 454 g/mol. The van der Waals surface area contributed by atoms with Crippen molar-refractivity contribution in [2.75, 3.05) is 19.8 Å². The molecule has 0 bridgehead atoms. The Bertz CT molecular complexity index is 1200. The molecule has 2 aromatic carbocycles. The summed E-state index contributed by atoms with van der Waals surface area (Å²) in [6.45, 7) is 3.18. The number of nitrogens with one attached hydrogen (secondary N) is 1. The van der Waals surface area contributed by atoms with Gasteiger partial charge in [-0.25, -0.2) is 9.79 Å². The topological polar surface area (TPSA) is 90.1 Å². The molecule has 1 amide bonds. The molecular formula is C24H23ClN2O5. The number of carbonyl (C=O) groups excluding carboxylic acids is 2. The van der Waals surface area contributed by atoms with Crippen molar-refractivity contribution in [3.63, 3.8) is 0 Å². The number of carbonyl (C=O) groups is 2. The van der Waals surface area contributed by atoms with Crippen molar-refractivity contribution >= 4 is 40.1 Å². The summed E-state index contributed by atoms with van der Waals surface area (Å²) in [6.07, 6.45) is 1.93. The van der Waals surface area contributed by atoms with Crippen LogP contribution in [0.25, 0.3) is 11.0 Å². The summed E-state index contributed by atoms with van der Waals surface area (Å²) in [6, 6.07) is 13.5. The van der Waals surface area contributed by atoms with Crippen LogP contribution in [0.2, 0.25) is 5.02 Å². The third-order valence-corrected chi connectivity index (χ3v) is 5.31. The maximum absolute atomic E-state index is 13.0. The fourth-order valence-electron chi connectivity index (χ4n) is 3.46. The number of benzene rings is 2. The lowest BCUT2D eigenvalue weighted by Crippen LogP contribution is -2.34. The fraction of sp³-hybridized carbons (Fsp3) is 0.292. The Hall–Kier alpha value is -3.16. The van der Waals surface area contributed by atoms with Gasteiger partial charge >= 0.3 is 5.97 Å². The second-order valence-electron chi connectivity index (χ2n) is 7.37. The van der Waals surface area contributed by atoms with Gasteiger partial charge < -0.3 is 19.2 Å². The SMILES string of the molecule is CCOC(=O)c1ccc(N=c2oc3ccc(Cl)cc3cc2C(=O)NC[C@@H]2CCCO2)cc1. The number of hydrogen-bond donors (Lipinski definition) is 1. The van der Waals surface area contributed by atoms with Gasteiger partial charge in [0.2, 0.25) is 5.55 Å². The summed E-state index contributed by atoms with van der Waals surface area (Å²) >= 11 is 6.11. The second-order valence-corrected chi connectivity index (χ2v) is 7.81. The molecule has 1 N–H and O–H groups in total. The lowest BCUT2D eigenvalue weighted by Gasteiger charge is -2.11. The number of nitrogens with zero attached hydrogens (tertiary/aromatic N) is 1. The lowest BCUT2D eigenvalue weighted by molar-refractivity contribution is 0.0526. The van der Waals surface area contributed by atoms with E-state index in [2.05, 4.69) is 10.3 Å². The van der Waals surface area contributed by atoms with Crippen molar-refractivity contribution in [3.05, 3.63) is 70.2 Å². The van der Waals surface area contributed by atoms with Crippen LogP contribution >= 0.6 is 11.6 Å². The highest BCUT2D eigenvalue weighted by molar-refractivity contribution is 6.31. The Morgan fingerprint density at radius 3 is 2.72 bits per heavy atom. The van der Waals surface area contributed by atoms with Crippen molar-refractivity contribution in [1.82, 2.24) is 5.32 Å². The molecule has 1 aliphatic heterocycles. The smallest absolute Gasteiger partial charge is 0.338 e. The molecule has 1 saturated heterocycles. The van der Waals surface area contributed by atoms with Crippen molar-refractivity contribution in [1.29, 1.82) is 0 Å². The molecule has 7 nitrogen and oxygen atoms in total. The third kappa shape index (κ3) is 5.18. The van der Waals surface area contributed by atoms with E-state index < -0.39 is 5.97 Å². The van der Waals surface area contributed by atoms with Crippen molar-refractivity contribution < 1.29 is 23.5 Å². The van der Waals surface area contributed by atoms with E-state index in [1.54, 1.807) is 55.5 Å². The number of rotatable bonds is 6. The first-order valence-electron chi connectivity index (χ1n) is 10.5. The maximum Gasteiger partial charge on any atom is 0.338 e. The first-order chi connectivity index (χ1) is 15.5. The Labute approximate surface area is 190 Å². The number of esters is 1.